The number of carbonyl (C=O) groups is 2. The SMILES string of the molecule is CC.Cc1nc2cccc(OCC(C)(C)NC(=O)CC(C)C)c2c(N)c1C(=O)O. The third-order valence-corrected chi connectivity index (χ3v) is 4.07. The predicted molar refractivity (Wildman–Crippen MR) is 116 cm³/mol. The van der Waals surface area contributed by atoms with E-state index in [0.717, 1.165) is 0 Å². The van der Waals surface area contributed by atoms with Crippen LogP contribution in [-0.2, 0) is 4.79 Å². The normalized spacial score (nSPS) is 11.0. The lowest BCUT2D eigenvalue weighted by molar-refractivity contribution is -0.123. The largest absolute Gasteiger partial charge is 0.490 e. The van der Waals surface area contributed by atoms with E-state index >= 15 is 0 Å². The van der Waals surface area contributed by atoms with Crippen molar-refractivity contribution in [2.24, 2.45) is 5.92 Å². The van der Waals surface area contributed by atoms with Crippen LogP contribution in [0.5, 0.6) is 5.75 Å². The Kier molecular flexibility index (Phi) is 8.42. The highest BCUT2D eigenvalue weighted by Gasteiger charge is 2.24. The van der Waals surface area contributed by atoms with E-state index in [1.165, 1.54) is 0 Å². The van der Waals surface area contributed by atoms with Gasteiger partial charge in [0, 0.05) is 6.42 Å². The van der Waals surface area contributed by atoms with Crippen LogP contribution in [0.2, 0.25) is 0 Å². The van der Waals surface area contributed by atoms with E-state index < -0.39 is 11.5 Å². The average Bonchev–Trinajstić information content (AvgIpc) is 2.59. The fourth-order valence-electron chi connectivity index (χ4n) is 2.92. The van der Waals surface area contributed by atoms with Gasteiger partial charge >= 0.3 is 5.97 Å². The molecule has 0 unspecified atom stereocenters. The lowest BCUT2D eigenvalue weighted by Crippen LogP contribution is -2.48. The first-order valence-electron chi connectivity index (χ1n) is 9.87. The number of aryl methyl sites for hydroxylation is 1. The van der Waals surface area contributed by atoms with Crippen molar-refractivity contribution in [3.63, 3.8) is 0 Å². The summed E-state index contributed by atoms with van der Waals surface area (Å²) in [6.07, 6.45) is 0.440. The second-order valence-corrected chi connectivity index (χ2v) is 7.76. The molecular weight excluding hydrogens is 370 g/mol. The summed E-state index contributed by atoms with van der Waals surface area (Å²) >= 11 is 0. The number of pyridine rings is 1. The van der Waals surface area contributed by atoms with E-state index in [1.54, 1.807) is 25.1 Å². The van der Waals surface area contributed by atoms with Crippen LogP contribution in [0.3, 0.4) is 0 Å². The van der Waals surface area contributed by atoms with Crippen molar-refractivity contribution in [1.82, 2.24) is 10.3 Å². The van der Waals surface area contributed by atoms with E-state index in [0.29, 0.717) is 28.8 Å². The van der Waals surface area contributed by atoms with Crippen LogP contribution in [0.4, 0.5) is 5.69 Å². The van der Waals surface area contributed by atoms with E-state index in [1.807, 2.05) is 41.5 Å². The van der Waals surface area contributed by atoms with Crippen molar-refractivity contribution in [2.45, 2.75) is 60.4 Å². The number of rotatable bonds is 7. The predicted octanol–water partition coefficient (Wildman–Crippen LogP) is 4.17. The molecule has 0 atom stereocenters. The minimum Gasteiger partial charge on any atom is -0.490 e. The second-order valence-electron chi connectivity index (χ2n) is 7.76. The van der Waals surface area contributed by atoms with Crippen molar-refractivity contribution >= 4 is 28.5 Å². The Hall–Kier alpha value is -2.83. The van der Waals surface area contributed by atoms with Gasteiger partial charge in [-0.15, -0.1) is 0 Å². The molecule has 1 aromatic heterocycles. The Bertz CT molecular complexity index is 876. The Labute approximate surface area is 172 Å². The summed E-state index contributed by atoms with van der Waals surface area (Å²) in [4.78, 5) is 27.9. The number of nitrogens with one attached hydrogen (secondary N) is 1. The van der Waals surface area contributed by atoms with Crippen LogP contribution < -0.4 is 15.8 Å². The van der Waals surface area contributed by atoms with Crippen molar-refractivity contribution < 1.29 is 19.4 Å². The van der Waals surface area contributed by atoms with Crippen LogP contribution in [0.25, 0.3) is 10.9 Å². The Morgan fingerprint density at radius 2 is 1.90 bits per heavy atom. The fourth-order valence-corrected chi connectivity index (χ4v) is 2.92. The van der Waals surface area contributed by atoms with Crippen LogP contribution in [0, 0.1) is 12.8 Å². The van der Waals surface area contributed by atoms with Gasteiger partial charge < -0.3 is 20.9 Å². The summed E-state index contributed by atoms with van der Waals surface area (Å²) in [5.74, 6) is -0.466. The minimum absolute atomic E-state index is 0.0250. The molecule has 7 nitrogen and oxygen atoms in total. The lowest BCUT2D eigenvalue weighted by Gasteiger charge is -2.27. The smallest absolute Gasteiger partial charge is 0.339 e. The summed E-state index contributed by atoms with van der Waals surface area (Å²) in [7, 11) is 0. The quantitative estimate of drug-likeness (QED) is 0.639. The van der Waals surface area contributed by atoms with Gasteiger partial charge in [-0.05, 0) is 38.8 Å². The third-order valence-electron chi connectivity index (χ3n) is 4.07. The summed E-state index contributed by atoms with van der Waals surface area (Å²) in [6, 6.07) is 5.24. The molecule has 0 aliphatic carbocycles. The number of carboxylic acid groups (broad SMARTS) is 1. The van der Waals surface area contributed by atoms with Crippen molar-refractivity contribution in [2.75, 3.05) is 12.3 Å². The number of anilines is 1. The number of amides is 1. The molecule has 0 aliphatic rings. The Morgan fingerprint density at radius 1 is 1.28 bits per heavy atom. The maximum atomic E-state index is 12.0. The average molecular weight is 404 g/mol. The molecule has 0 aliphatic heterocycles. The van der Waals surface area contributed by atoms with E-state index in [-0.39, 0.29) is 29.7 Å². The molecule has 2 rings (SSSR count). The molecule has 0 radical (unpaired) electrons. The first kappa shape index (κ1) is 24.2. The highest BCUT2D eigenvalue weighted by atomic mass is 16.5. The molecule has 1 amide bonds. The molecule has 0 saturated heterocycles. The zero-order chi connectivity index (χ0) is 22.4. The van der Waals surface area contributed by atoms with Gasteiger partial charge in [-0.3, -0.25) is 9.78 Å². The number of nitrogens with two attached hydrogens (primary N) is 1. The molecule has 0 bridgehead atoms. The topological polar surface area (TPSA) is 115 Å². The summed E-state index contributed by atoms with van der Waals surface area (Å²) in [5.41, 5.74) is 6.54. The summed E-state index contributed by atoms with van der Waals surface area (Å²) in [6.45, 7) is 13.5. The molecule has 0 spiro atoms. The minimum atomic E-state index is -1.13. The highest BCUT2D eigenvalue weighted by Crippen LogP contribution is 2.33. The molecule has 0 saturated carbocycles. The van der Waals surface area contributed by atoms with Crippen LogP contribution in [0.15, 0.2) is 18.2 Å². The number of benzene rings is 1. The second kappa shape index (κ2) is 10.1. The molecule has 7 heteroatoms. The van der Waals surface area contributed by atoms with E-state index in [4.69, 9.17) is 10.5 Å². The fraction of sp³-hybridized carbons (Fsp3) is 0.500. The van der Waals surface area contributed by atoms with Crippen LogP contribution >= 0.6 is 0 Å². The van der Waals surface area contributed by atoms with Crippen molar-refractivity contribution in [1.29, 1.82) is 0 Å². The van der Waals surface area contributed by atoms with Gasteiger partial charge in [0.15, 0.2) is 0 Å². The molecular formula is C22H33N3O4. The number of nitrogens with zero attached hydrogens (tertiary/aromatic N) is 1. The molecule has 160 valence electrons. The first-order chi connectivity index (χ1) is 13.5. The summed E-state index contributed by atoms with van der Waals surface area (Å²) in [5, 5.41) is 12.8. The first-order valence-corrected chi connectivity index (χ1v) is 9.87. The molecule has 1 aromatic carbocycles. The van der Waals surface area contributed by atoms with E-state index in [9.17, 15) is 14.7 Å². The van der Waals surface area contributed by atoms with Crippen LogP contribution in [0.1, 0.15) is 64.0 Å². The summed E-state index contributed by atoms with van der Waals surface area (Å²) < 4.78 is 5.92. The maximum absolute atomic E-state index is 12.0. The van der Waals surface area contributed by atoms with Gasteiger partial charge in [-0.2, -0.15) is 0 Å². The molecule has 29 heavy (non-hydrogen) atoms. The molecule has 4 N–H and O–H groups in total. The molecule has 1 heterocycles. The third kappa shape index (κ3) is 6.34. The number of carboxylic acids is 1. The number of hydrogen-bond acceptors (Lipinski definition) is 5. The molecule has 0 fully saturated rings. The number of nitrogen functional groups attached to an aromatic ring is 1. The van der Waals surface area contributed by atoms with Gasteiger partial charge in [0.25, 0.3) is 0 Å². The number of carbonyl (C=O) groups excluding carboxylic acids is 1. The maximum Gasteiger partial charge on any atom is 0.339 e. The number of aromatic nitrogens is 1. The monoisotopic (exact) mass is 403 g/mol. The highest BCUT2D eigenvalue weighted by molar-refractivity contribution is 6.06. The zero-order valence-corrected chi connectivity index (χ0v) is 18.4. The van der Waals surface area contributed by atoms with Gasteiger partial charge in [0.05, 0.1) is 27.8 Å². The standard InChI is InChI=1S/C20H27N3O4.C2H6/c1-11(2)9-15(24)23-20(4,5)10-27-14-8-6-7-13-17(14)18(21)16(19(25)26)12(3)22-13;1-2/h6-8,11H,9-10H2,1-5H3,(H2,21,22)(H,23,24)(H,25,26);1-2H3. The van der Waals surface area contributed by atoms with E-state index in [2.05, 4.69) is 10.3 Å². The van der Waals surface area contributed by atoms with Gasteiger partial charge in [-0.1, -0.05) is 33.8 Å². The number of ether oxygens (including phenoxy) is 1. The van der Waals surface area contributed by atoms with Gasteiger partial charge in [0.1, 0.15) is 17.9 Å². The zero-order valence-electron chi connectivity index (χ0n) is 18.4. The Morgan fingerprint density at radius 3 is 2.45 bits per heavy atom. The number of fused-ring (bicyclic) bond motifs is 1. The number of hydrogen-bond donors (Lipinski definition) is 3. The number of aromatic carboxylic acids is 1. The van der Waals surface area contributed by atoms with Crippen LogP contribution in [-0.4, -0.2) is 34.1 Å². The lowest BCUT2D eigenvalue weighted by atomic mass is 10.0. The Balaban J connectivity index is 0.00000204. The molecule has 2 aromatic rings. The van der Waals surface area contributed by atoms with Gasteiger partial charge in [0.2, 0.25) is 5.91 Å². The van der Waals surface area contributed by atoms with Crippen molar-refractivity contribution in [3.8, 4) is 5.75 Å². The van der Waals surface area contributed by atoms with Gasteiger partial charge in [-0.25, -0.2) is 4.79 Å². The van der Waals surface area contributed by atoms with Crippen molar-refractivity contribution in [3.05, 3.63) is 29.5 Å².